The molecule has 3 rings (SSSR count). The van der Waals surface area contributed by atoms with Gasteiger partial charge in [-0.05, 0) is 55.7 Å². The maximum absolute atomic E-state index is 12.5. The number of anilines is 2. The molecule has 10 heteroatoms. The molecule has 0 aliphatic carbocycles. The molecule has 28 heavy (non-hydrogen) atoms. The third kappa shape index (κ3) is 4.46. The second-order valence-electron chi connectivity index (χ2n) is 6.53. The Bertz CT molecular complexity index is 999. The van der Waals surface area contributed by atoms with Crippen LogP contribution in [0, 0.1) is 10.1 Å². The average molecular weight is 404 g/mol. The van der Waals surface area contributed by atoms with Crippen molar-refractivity contribution in [3.63, 3.8) is 0 Å². The van der Waals surface area contributed by atoms with Crippen LogP contribution in [-0.2, 0) is 10.0 Å². The number of nitrogens with two attached hydrogens (primary N) is 1. The lowest BCUT2D eigenvalue weighted by Gasteiger charge is -2.28. The van der Waals surface area contributed by atoms with E-state index in [1.54, 1.807) is 12.1 Å². The van der Waals surface area contributed by atoms with Gasteiger partial charge in [0.2, 0.25) is 10.0 Å². The largest absolute Gasteiger partial charge is 0.366 e. The Labute approximate surface area is 162 Å². The maximum Gasteiger partial charge on any atom is 0.293 e. The summed E-state index contributed by atoms with van der Waals surface area (Å²) in [4.78, 5) is 25.4. The van der Waals surface area contributed by atoms with Gasteiger partial charge in [-0.3, -0.25) is 14.9 Å². The summed E-state index contributed by atoms with van der Waals surface area (Å²) in [5.74, 6) is -0.531. The molecule has 0 aromatic heterocycles. The first-order chi connectivity index (χ1) is 13.3. The molecule has 1 saturated heterocycles. The van der Waals surface area contributed by atoms with Crippen LogP contribution in [0.3, 0.4) is 0 Å². The summed E-state index contributed by atoms with van der Waals surface area (Å²) in [6, 6.07) is 9.74. The second kappa shape index (κ2) is 7.95. The number of hydrogen-bond acceptors (Lipinski definition) is 6. The average Bonchev–Trinajstić information content (AvgIpc) is 2.68. The Balaban J connectivity index is 1.81. The van der Waals surface area contributed by atoms with E-state index < -0.39 is 20.9 Å². The summed E-state index contributed by atoms with van der Waals surface area (Å²) < 4.78 is 22.5. The number of piperidine rings is 1. The van der Waals surface area contributed by atoms with E-state index in [0.29, 0.717) is 11.4 Å². The second-order valence-corrected chi connectivity index (χ2v) is 8.09. The number of carbonyl (C=O) groups excluding carboxylic acids is 1. The van der Waals surface area contributed by atoms with Crippen LogP contribution >= 0.6 is 0 Å². The molecule has 1 aliphatic rings. The lowest BCUT2D eigenvalue weighted by atomic mass is 10.1. The molecule has 0 atom stereocenters. The maximum atomic E-state index is 12.5. The minimum atomic E-state index is -3.82. The van der Waals surface area contributed by atoms with Crippen molar-refractivity contribution in [2.45, 2.75) is 24.2 Å². The molecule has 1 aliphatic heterocycles. The van der Waals surface area contributed by atoms with Crippen molar-refractivity contribution in [2.24, 2.45) is 5.14 Å². The predicted molar refractivity (Wildman–Crippen MR) is 105 cm³/mol. The van der Waals surface area contributed by atoms with Gasteiger partial charge in [-0.25, -0.2) is 13.6 Å². The first-order valence-corrected chi connectivity index (χ1v) is 10.3. The molecule has 1 fully saturated rings. The summed E-state index contributed by atoms with van der Waals surface area (Å²) in [5.41, 5.74) is 0.890. The van der Waals surface area contributed by atoms with Gasteiger partial charge in [0, 0.05) is 30.4 Å². The summed E-state index contributed by atoms with van der Waals surface area (Å²) in [6.07, 6.45) is 3.07. The molecule has 0 saturated carbocycles. The minimum absolute atomic E-state index is 0.0768. The van der Waals surface area contributed by atoms with E-state index in [9.17, 15) is 23.3 Å². The molecular formula is C18H20N4O5S. The van der Waals surface area contributed by atoms with Gasteiger partial charge in [0.25, 0.3) is 11.6 Å². The van der Waals surface area contributed by atoms with Crippen LogP contribution in [0.1, 0.15) is 29.6 Å². The highest BCUT2D eigenvalue weighted by atomic mass is 32.2. The first kappa shape index (κ1) is 19.8. The number of primary sulfonamides is 1. The van der Waals surface area contributed by atoms with Gasteiger partial charge >= 0.3 is 0 Å². The van der Waals surface area contributed by atoms with Crippen LogP contribution in [0.2, 0.25) is 0 Å². The van der Waals surface area contributed by atoms with Crippen LogP contribution in [0.15, 0.2) is 47.4 Å². The van der Waals surface area contributed by atoms with Crippen LogP contribution < -0.4 is 15.4 Å². The predicted octanol–water partition coefficient (Wildman–Crippen LogP) is 2.48. The smallest absolute Gasteiger partial charge is 0.293 e. The van der Waals surface area contributed by atoms with Gasteiger partial charge in [-0.15, -0.1) is 0 Å². The zero-order valence-corrected chi connectivity index (χ0v) is 15.8. The van der Waals surface area contributed by atoms with Crippen molar-refractivity contribution < 1.29 is 18.1 Å². The van der Waals surface area contributed by atoms with Gasteiger partial charge in [0.15, 0.2) is 0 Å². The van der Waals surface area contributed by atoms with Crippen LogP contribution in [0.4, 0.5) is 17.1 Å². The van der Waals surface area contributed by atoms with Crippen molar-refractivity contribution in [1.82, 2.24) is 0 Å². The van der Waals surface area contributed by atoms with Crippen LogP contribution in [0.5, 0.6) is 0 Å². The third-order valence-electron chi connectivity index (χ3n) is 4.57. The topological polar surface area (TPSA) is 136 Å². The fourth-order valence-corrected chi connectivity index (χ4v) is 3.66. The van der Waals surface area contributed by atoms with E-state index in [-0.39, 0.29) is 16.1 Å². The molecule has 3 N–H and O–H groups in total. The van der Waals surface area contributed by atoms with E-state index in [0.717, 1.165) is 32.4 Å². The Kier molecular flexibility index (Phi) is 5.61. The highest BCUT2D eigenvalue weighted by Crippen LogP contribution is 2.31. The van der Waals surface area contributed by atoms with Crippen molar-refractivity contribution in [3.05, 3.63) is 58.1 Å². The van der Waals surface area contributed by atoms with Gasteiger partial charge in [-0.2, -0.15) is 0 Å². The van der Waals surface area contributed by atoms with E-state index in [1.165, 1.54) is 30.3 Å². The molecule has 0 radical (unpaired) electrons. The zero-order chi connectivity index (χ0) is 20.3. The van der Waals surface area contributed by atoms with Crippen molar-refractivity contribution in [2.75, 3.05) is 23.3 Å². The molecule has 9 nitrogen and oxygen atoms in total. The third-order valence-corrected chi connectivity index (χ3v) is 5.50. The van der Waals surface area contributed by atoms with Gasteiger partial charge in [-0.1, -0.05) is 0 Å². The van der Waals surface area contributed by atoms with Crippen molar-refractivity contribution in [3.8, 4) is 0 Å². The Morgan fingerprint density at radius 1 is 1.07 bits per heavy atom. The molecule has 2 aromatic rings. The van der Waals surface area contributed by atoms with E-state index in [4.69, 9.17) is 5.14 Å². The zero-order valence-electron chi connectivity index (χ0n) is 15.0. The number of nitrogens with zero attached hydrogens (tertiary/aromatic N) is 2. The number of nitro benzene ring substituents is 1. The number of nitrogens with one attached hydrogen (secondary N) is 1. The summed E-state index contributed by atoms with van der Waals surface area (Å²) in [6.45, 7) is 1.51. The molecule has 2 aromatic carbocycles. The van der Waals surface area contributed by atoms with Crippen molar-refractivity contribution >= 4 is 33.0 Å². The molecule has 0 spiro atoms. The van der Waals surface area contributed by atoms with Gasteiger partial charge in [0.05, 0.1) is 9.82 Å². The number of carbonyl (C=O) groups is 1. The quantitative estimate of drug-likeness (QED) is 0.580. The molecule has 1 heterocycles. The van der Waals surface area contributed by atoms with E-state index in [2.05, 4.69) is 5.32 Å². The van der Waals surface area contributed by atoms with Gasteiger partial charge in [0.1, 0.15) is 5.69 Å². The molecule has 148 valence electrons. The van der Waals surface area contributed by atoms with Gasteiger partial charge < -0.3 is 10.2 Å². The lowest BCUT2D eigenvalue weighted by molar-refractivity contribution is -0.384. The summed E-state index contributed by atoms with van der Waals surface area (Å²) >= 11 is 0. The van der Waals surface area contributed by atoms with Crippen molar-refractivity contribution in [1.29, 1.82) is 0 Å². The lowest BCUT2D eigenvalue weighted by Crippen LogP contribution is -2.30. The number of hydrogen-bond donors (Lipinski definition) is 2. The number of rotatable bonds is 5. The molecule has 1 amide bonds. The van der Waals surface area contributed by atoms with Crippen LogP contribution in [-0.4, -0.2) is 32.3 Å². The fourth-order valence-electron chi connectivity index (χ4n) is 3.14. The Morgan fingerprint density at radius 2 is 1.71 bits per heavy atom. The van der Waals surface area contributed by atoms with E-state index >= 15 is 0 Å². The first-order valence-electron chi connectivity index (χ1n) is 8.73. The molecule has 0 unspecified atom stereocenters. The molecular weight excluding hydrogens is 384 g/mol. The number of benzene rings is 2. The van der Waals surface area contributed by atoms with E-state index in [1.807, 2.05) is 4.90 Å². The fraction of sp³-hybridized carbons (Fsp3) is 0.278. The molecule has 0 bridgehead atoms. The van der Waals surface area contributed by atoms with Crippen LogP contribution in [0.25, 0.3) is 0 Å². The minimum Gasteiger partial charge on any atom is -0.366 e. The number of nitro groups is 1. The monoisotopic (exact) mass is 404 g/mol. The normalized spacial score (nSPS) is 14.5. The highest BCUT2D eigenvalue weighted by Gasteiger charge is 2.23. The summed E-state index contributed by atoms with van der Waals surface area (Å²) in [7, 11) is -3.82. The number of amides is 1. The Hall–Kier alpha value is -2.98. The Morgan fingerprint density at radius 3 is 2.29 bits per heavy atom. The SMILES string of the molecule is NS(=O)(=O)c1ccc(NC(=O)c2ccc(N3CCCCC3)c([N+](=O)[O-])c2)cc1. The number of sulfonamides is 1. The summed E-state index contributed by atoms with van der Waals surface area (Å²) in [5, 5.41) is 19.1. The standard InChI is InChI=1S/C18H20N4O5S/c19-28(26,27)15-7-5-14(6-8-15)20-18(23)13-4-9-16(17(12-13)22(24)25)21-10-2-1-3-11-21/h4-9,12H,1-3,10-11H2,(H,20,23)(H2,19,26,27). The highest BCUT2D eigenvalue weighted by molar-refractivity contribution is 7.89.